The van der Waals surface area contributed by atoms with Gasteiger partial charge >= 0.3 is 0 Å². The Morgan fingerprint density at radius 1 is 1.27 bits per heavy atom. The molecular formula is C17H22N2O3. The van der Waals surface area contributed by atoms with E-state index in [0.717, 1.165) is 53.2 Å². The van der Waals surface area contributed by atoms with E-state index in [4.69, 9.17) is 14.5 Å². The first-order valence-corrected chi connectivity index (χ1v) is 7.59. The molecule has 1 aliphatic rings. The van der Waals surface area contributed by atoms with E-state index < -0.39 is 0 Å². The Balaban J connectivity index is 2.19. The molecule has 0 bridgehead atoms. The smallest absolute Gasteiger partial charge is 0.145 e. The van der Waals surface area contributed by atoms with Crippen LogP contribution >= 0.6 is 0 Å². The lowest BCUT2D eigenvalue weighted by molar-refractivity contribution is 0.266. The third-order valence-electron chi connectivity index (χ3n) is 4.39. The second kappa shape index (κ2) is 6.01. The first kappa shape index (κ1) is 14.9. The van der Waals surface area contributed by atoms with Gasteiger partial charge in [-0.2, -0.15) is 0 Å². The van der Waals surface area contributed by atoms with Crippen LogP contribution in [0.25, 0.3) is 10.9 Å². The molecule has 2 heterocycles. The lowest BCUT2D eigenvalue weighted by Crippen LogP contribution is -2.32. The zero-order valence-corrected chi connectivity index (χ0v) is 13.3. The molecule has 22 heavy (non-hydrogen) atoms. The van der Waals surface area contributed by atoms with Crippen molar-refractivity contribution in [1.82, 2.24) is 4.98 Å². The number of aromatic nitrogens is 1. The second-order valence-corrected chi connectivity index (χ2v) is 5.66. The molecule has 2 aromatic rings. The van der Waals surface area contributed by atoms with Crippen LogP contribution in [0, 0.1) is 6.92 Å². The van der Waals surface area contributed by atoms with Crippen molar-refractivity contribution in [2.75, 3.05) is 32.3 Å². The van der Waals surface area contributed by atoms with Crippen molar-refractivity contribution in [3.8, 4) is 11.5 Å². The molecule has 1 aliphatic heterocycles. The summed E-state index contributed by atoms with van der Waals surface area (Å²) in [6, 6.07) is 6.01. The fourth-order valence-corrected chi connectivity index (χ4v) is 3.27. The molecule has 1 atom stereocenters. The topological polar surface area (TPSA) is 54.8 Å². The highest BCUT2D eigenvalue weighted by Gasteiger charge is 2.26. The highest BCUT2D eigenvalue weighted by molar-refractivity contribution is 5.94. The number of anilines is 1. The Morgan fingerprint density at radius 2 is 2.00 bits per heavy atom. The minimum atomic E-state index is 0.154. The average Bonchev–Trinajstić information content (AvgIpc) is 3.02. The number of aliphatic hydroxyl groups is 1. The first-order valence-electron chi connectivity index (χ1n) is 7.59. The molecule has 5 heteroatoms. The quantitative estimate of drug-likeness (QED) is 0.940. The maximum atomic E-state index is 9.55. The zero-order valence-electron chi connectivity index (χ0n) is 13.3. The summed E-state index contributed by atoms with van der Waals surface area (Å²) in [5, 5.41) is 10.5. The van der Waals surface area contributed by atoms with Crippen LogP contribution in [0.15, 0.2) is 18.2 Å². The van der Waals surface area contributed by atoms with Crippen LogP contribution in [0.3, 0.4) is 0 Å². The van der Waals surface area contributed by atoms with Crippen LogP contribution in [0.4, 0.5) is 5.82 Å². The van der Waals surface area contributed by atoms with E-state index in [9.17, 15) is 5.11 Å². The Kier molecular flexibility index (Phi) is 4.07. The van der Waals surface area contributed by atoms with E-state index in [1.807, 2.05) is 12.1 Å². The number of aliphatic hydroxyl groups excluding tert-OH is 1. The molecule has 1 fully saturated rings. The van der Waals surface area contributed by atoms with E-state index >= 15 is 0 Å². The number of hydrogen-bond acceptors (Lipinski definition) is 5. The summed E-state index contributed by atoms with van der Waals surface area (Å²) in [5.74, 6) is 2.43. The van der Waals surface area contributed by atoms with Crippen molar-refractivity contribution in [1.29, 1.82) is 0 Å². The average molecular weight is 302 g/mol. The minimum absolute atomic E-state index is 0.154. The number of hydrogen-bond donors (Lipinski definition) is 1. The van der Waals surface area contributed by atoms with Crippen molar-refractivity contribution >= 4 is 16.7 Å². The molecule has 0 saturated carbocycles. The van der Waals surface area contributed by atoms with Gasteiger partial charge in [0.15, 0.2) is 0 Å². The van der Waals surface area contributed by atoms with Gasteiger partial charge in [0.05, 0.1) is 26.9 Å². The summed E-state index contributed by atoms with van der Waals surface area (Å²) < 4.78 is 10.9. The minimum Gasteiger partial charge on any atom is -0.496 e. The third kappa shape index (κ3) is 2.35. The highest BCUT2D eigenvalue weighted by atomic mass is 16.5. The van der Waals surface area contributed by atoms with Crippen LogP contribution in [0.1, 0.15) is 18.4 Å². The Labute approximate surface area is 130 Å². The van der Waals surface area contributed by atoms with Crippen molar-refractivity contribution in [3.63, 3.8) is 0 Å². The SMILES string of the molecule is COc1ccc(OC)c2c(C)cc(N3CCC[C@H]3CO)nc12. The number of pyridine rings is 1. The summed E-state index contributed by atoms with van der Waals surface area (Å²) in [6.07, 6.45) is 2.09. The lowest BCUT2D eigenvalue weighted by atomic mass is 10.1. The van der Waals surface area contributed by atoms with Gasteiger partial charge in [-0.15, -0.1) is 0 Å². The maximum absolute atomic E-state index is 9.55. The van der Waals surface area contributed by atoms with Gasteiger partial charge in [-0.25, -0.2) is 4.98 Å². The number of fused-ring (bicyclic) bond motifs is 1. The van der Waals surface area contributed by atoms with Gasteiger partial charge in [-0.3, -0.25) is 0 Å². The Bertz CT molecular complexity index is 687. The molecule has 0 spiro atoms. The van der Waals surface area contributed by atoms with E-state index in [1.165, 1.54) is 0 Å². The molecular weight excluding hydrogens is 280 g/mol. The number of benzene rings is 1. The van der Waals surface area contributed by atoms with Gasteiger partial charge in [0.2, 0.25) is 0 Å². The number of ether oxygens (including phenoxy) is 2. The molecule has 1 N–H and O–H groups in total. The Morgan fingerprint density at radius 3 is 2.68 bits per heavy atom. The van der Waals surface area contributed by atoms with E-state index in [2.05, 4.69) is 17.9 Å². The van der Waals surface area contributed by atoms with Crippen molar-refractivity contribution in [3.05, 3.63) is 23.8 Å². The van der Waals surface area contributed by atoms with Crippen LogP contribution in [0.5, 0.6) is 11.5 Å². The van der Waals surface area contributed by atoms with E-state index in [0.29, 0.717) is 0 Å². The van der Waals surface area contributed by atoms with Gasteiger partial charge in [0.25, 0.3) is 0 Å². The number of rotatable bonds is 4. The van der Waals surface area contributed by atoms with Crippen molar-refractivity contribution in [2.24, 2.45) is 0 Å². The summed E-state index contributed by atoms with van der Waals surface area (Å²) in [6.45, 7) is 3.14. The molecule has 3 rings (SSSR count). The van der Waals surface area contributed by atoms with Crippen LogP contribution < -0.4 is 14.4 Å². The van der Waals surface area contributed by atoms with Gasteiger partial charge in [-0.05, 0) is 43.5 Å². The summed E-state index contributed by atoms with van der Waals surface area (Å²) in [7, 11) is 3.31. The molecule has 5 nitrogen and oxygen atoms in total. The monoisotopic (exact) mass is 302 g/mol. The number of aryl methyl sites for hydroxylation is 1. The van der Waals surface area contributed by atoms with Gasteiger partial charge in [0, 0.05) is 11.9 Å². The molecule has 1 aromatic carbocycles. The van der Waals surface area contributed by atoms with Crippen molar-refractivity contribution in [2.45, 2.75) is 25.8 Å². The predicted octanol–water partition coefficient (Wildman–Crippen LogP) is 2.52. The molecule has 1 saturated heterocycles. The third-order valence-corrected chi connectivity index (χ3v) is 4.39. The first-order chi connectivity index (χ1) is 10.7. The standard InChI is InChI=1S/C17H22N2O3/c1-11-9-15(19-8-4-5-12(19)10-20)18-17-14(22-3)7-6-13(21-2)16(11)17/h6-7,9,12,20H,4-5,8,10H2,1-3H3/t12-/m0/s1. The fraction of sp³-hybridized carbons (Fsp3) is 0.471. The molecule has 0 radical (unpaired) electrons. The second-order valence-electron chi connectivity index (χ2n) is 5.66. The number of methoxy groups -OCH3 is 2. The Hall–Kier alpha value is -2.01. The fourth-order valence-electron chi connectivity index (χ4n) is 3.27. The molecule has 0 aliphatic carbocycles. The van der Waals surface area contributed by atoms with E-state index in [1.54, 1.807) is 14.2 Å². The largest absolute Gasteiger partial charge is 0.496 e. The zero-order chi connectivity index (χ0) is 15.7. The molecule has 0 unspecified atom stereocenters. The summed E-state index contributed by atoms with van der Waals surface area (Å²) >= 11 is 0. The lowest BCUT2D eigenvalue weighted by Gasteiger charge is -2.25. The number of nitrogens with zero attached hydrogens (tertiary/aromatic N) is 2. The van der Waals surface area contributed by atoms with Gasteiger partial charge < -0.3 is 19.5 Å². The summed E-state index contributed by atoms with van der Waals surface area (Å²) in [5.41, 5.74) is 1.90. The van der Waals surface area contributed by atoms with E-state index in [-0.39, 0.29) is 12.6 Å². The van der Waals surface area contributed by atoms with Crippen molar-refractivity contribution < 1.29 is 14.6 Å². The molecule has 0 amide bonds. The molecule has 1 aromatic heterocycles. The van der Waals surface area contributed by atoms with Crippen LogP contribution in [-0.4, -0.2) is 43.5 Å². The molecule has 118 valence electrons. The van der Waals surface area contributed by atoms with Crippen LogP contribution in [-0.2, 0) is 0 Å². The summed E-state index contributed by atoms with van der Waals surface area (Å²) in [4.78, 5) is 6.99. The van der Waals surface area contributed by atoms with Gasteiger partial charge in [-0.1, -0.05) is 0 Å². The highest BCUT2D eigenvalue weighted by Crippen LogP contribution is 2.37. The van der Waals surface area contributed by atoms with Crippen LogP contribution in [0.2, 0.25) is 0 Å². The normalized spacial score (nSPS) is 18.0. The maximum Gasteiger partial charge on any atom is 0.145 e. The predicted molar refractivity (Wildman–Crippen MR) is 87.0 cm³/mol. The van der Waals surface area contributed by atoms with Gasteiger partial charge in [0.1, 0.15) is 22.8 Å².